The number of aliphatic hydroxyl groups is 1. The van der Waals surface area contributed by atoms with E-state index in [4.69, 9.17) is 4.18 Å². The van der Waals surface area contributed by atoms with Crippen molar-refractivity contribution in [2.75, 3.05) is 11.5 Å². The molecule has 0 fully saturated rings. The maximum atomic E-state index is 10.7. The van der Waals surface area contributed by atoms with Crippen molar-refractivity contribution in [3.63, 3.8) is 0 Å². The van der Waals surface area contributed by atoms with Crippen LogP contribution in [0.1, 0.15) is 59.6 Å². The molecule has 0 heterocycles. The van der Waals surface area contributed by atoms with Crippen LogP contribution in [-0.2, 0) is 19.8 Å². The van der Waals surface area contributed by atoms with Gasteiger partial charge in [0.2, 0.25) is 0 Å². The van der Waals surface area contributed by atoms with Gasteiger partial charge in [-0.05, 0) is 23.0 Å². The minimum absolute atomic E-state index is 0.176. The van der Waals surface area contributed by atoms with Crippen LogP contribution in [0.4, 0.5) is 0 Å². The van der Waals surface area contributed by atoms with Crippen LogP contribution in [0, 0.1) is 0 Å². The summed E-state index contributed by atoms with van der Waals surface area (Å²) in [6.45, 7) is 13.8. The summed E-state index contributed by atoms with van der Waals surface area (Å²) in [7, 11) is 0. The highest BCUT2D eigenvalue weighted by molar-refractivity contribution is 7.99. The molecule has 0 aliphatic carbocycles. The van der Waals surface area contributed by atoms with Crippen molar-refractivity contribution in [3.8, 4) is 5.75 Å². The molecule has 2 N–H and O–H groups in total. The Bertz CT molecular complexity index is 565. The van der Waals surface area contributed by atoms with Crippen molar-refractivity contribution >= 4 is 29.8 Å². The van der Waals surface area contributed by atoms with E-state index in [0.29, 0.717) is 17.3 Å². The Balaban J connectivity index is 2.94. The second-order valence-electron chi connectivity index (χ2n) is 8.19. The number of hydrogen-bond donors (Lipinski definition) is 2. The van der Waals surface area contributed by atoms with Gasteiger partial charge in [-0.3, -0.25) is 4.79 Å². The van der Waals surface area contributed by atoms with Crippen LogP contribution < -0.4 is 0 Å². The Morgan fingerprint density at radius 3 is 1.96 bits per heavy atom. The second-order valence-corrected chi connectivity index (χ2v) is 10.0. The molecule has 1 atom stereocenters. The first-order chi connectivity index (χ1) is 11.3. The summed E-state index contributed by atoms with van der Waals surface area (Å²) < 4.78 is 4.78. The summed E-state index contributed by atoms with van der Waals surface area (Å²) in [6.07, 6.45) is -0.584. The Morgan fingerprint density at radius 2 is 1.56 bits per heavy atom. The SMILES string of the molecule is CC(=O)OSCC(O)CSc1cc(C(C)(C)C)c(O)c(C(C)(C)C)c1. The number of phenols is 1. The van der Waals surface area contributed by atoms with Crippen molar-refractivity contribution in [1.82, 2.24) is 0 Å². The average Bonchev–Trinajstić information content (AvgIpc) is 2.43. The Kier molecular flexibility index (Phi) is 7.71. The minimum Gasteiger partial charge on any atom is -0.507 e. The predicted octanol–water partition coefficient (Wildman–Crippen LogP) is 4.65. The molecule has 142 valence electrons. The average molecular weight is 387 g/mol. The smallest absolute Gasteiger partial charge is 0.314 e. The Hall–Kier alpha value is -0.850. The van der Waals surface area contributed by atoms with E-state index < -0.39 is 6.10 Å². The van der Waals surface area contributed by atoms with Crippen molar-refractivity contribution in [3.05, 3.63) is 23.3 Å². The van der Waals surface area contributed by atoms with E-state index in [2.05, 4.69) is 41.5 Å². The molecule has 0 amide bonds. The highest BCUT2D eigenvalue weighted by Crippen LogP contribution is 2.41. The number of thioether (sulfide) groups is 1. The third-order valence-corrected chi connectivity index (χ3v) is 5.57. The summed E-state index contributed by atoms with van der Waals surface area (Å²) in [5, 5.41) is 20.8. The third kappa shape index (κ3) is 7.12. The zero-order valence-electron chi connectivity index (χ0n) is 16.2. The topological polar surface area (TPSA) is 66.8 Å². The maximum Gasteiger partial charge on any atom is 0.314 e. The second kappa shape index (κ2) is 8.69. The molecule has 0 saturated heterocycles. The van der Waals surface area contributed by atoms with Gasteiger partial charge in [0.15, 0.2) is 0 Å². The molecule has 0 spiro atoms. The quantitative estimate of drug-likeness (QED) is 0.548. The van der Waals surface area contributed by atoms with Gasteiger partial charge in [0.05, 0.1) is 23.9 Å². The monoisotopic (exact) mass is 386 g/mol. The molecule has 0 aliphatic rings. The summed E-state index contributed by atoms with van der Waals surface area (Å²) in [6, 6.07) is 4.00. The van der Waals surface area contributed by atoms with Crippen molar-refractivity contribution in [1.29, 1.82) is 0 Å². The fourth-order valence-corrected chi connectivity index (χ4v) is 3.83. The van der Waals surface area contributed by atoms with Gasteiger partial charge in [0, 0.05) is 28.7 Å². The first-order valence-electron chi connectivity index (χ1n) is 8.31. The zero-order valence-corrected chi connectivity index (χ0v) is 17.8. The lowest BCUT2D eigenvalue weighted by Gasteiger charge is -2.28. The summed E-state index contributed by atoms with van der Waals surface area (Å²) in [4.78, 5) is 11.8. The van der Waals surface area contributed by atoms with E-state index in [1.807, 2.05) is 12.1 Å². The van der Waals surface area contributed by atoms with E-state index >= 15 is 0 Å². The van der Waals surface area contributed by atoms with Crippen LogP contribution in [0.15, 0.2) is 17.0 Å². The molecule has 0 bridgehead atoms. The molecule has 1 rings (SSSR count). The van der Waals surface area contributed by atoms with Gasteiger partial charge in [-0.25, -0.2) is 0 Å². The van der Waals surface area contributed by atoms with Crippen molar-refractivity contribution in [2.24, 2.45) is 0 Å². The van der Waals surface area contributed by atoms with E-state index in [-0.39, 0.29) is 16.8 Å². The first kappa shape index (κ1) is 22.2. The van der Waals surface area contributed by atoms with Gasteiger partial charge in [0.25, 0.3) is 0 Å². The number of rotatable bonds is 6. The number of aromatic hydroxyl groups is 1. The van der Waals surface area contributed by atoms with E-state index in [9.17, 15) is 15.0 Å². The van der Waals surface area contributed by atoms with Gasteiger partial charge in [-0.1, -0.05) is 41.5 Å². The summed E-state index contributed by atoms with van der Waals surface area (Å²) in [5.41, 5.74) is 1.46. The lowest BCUT2D eigenvalue weighted by Crippen LogP contribution is -2.18. The van der Waals surface area contributed by atoms with Crippen LogP contribution in [-0.4, -0.2) is 33.8 Å². The molecule has 0 aromatic heterocycles. The molecule has 1 unspecified atom stereocenters. The molecular weight excluding hydrogens is 356 g/mol. The van der Waals surface area contributed by atoms with Crippen LogP contribution in [0.25, 0.3) is 0 Å². The van der Waals surface area contributed by atoms with E-state index in [0.717, 1.165) is 28.1 Å². The molecule has 1 aromatic rings. The van der Waals surface area contributed by atoms with E-state index in [1.54, 1.807) is 11.8 Å². The predicted molar refractivity (Wildman–Crippen MR) is 106 cm³/mol. The van der Waals surface area contributed by atoms with Crippen molar-refractivity contribution < 1.29 is 19.2 Å². The van der Waals surface area contributed by atoms with Gasteiger partial charge in [0.1, 0.15) is 5.75 Å². The molecule has 4 nitrogen and oxygen atoms in total. The lowest BCUT2D eigenvalue weighted by atomic mass is 9.79. The Labute approximate surface area is 159 Å². The fourth-order valence-electron chi connectivity index (χ4n) is 2.27. The number of benzene rings is 1. The summed E-state index contributed by atoms with van der Waals surface area (Å²) >= 11 is 2.51. The number of carbonyl (C=O) groups is 1. The summed E-state index contributed by atoms with van der Waals surface area (Å²) in [5.74, 6) is 0.818. The van der Waals surface area contributed by atoms with Crippen LogP contribution >= 0.6 is 23.8 Å². The maximum absolute atomic E-state index is 10.7. The van der Waals surface area contributed by atoms with Gasteiger partial charge in [-0.15, -0.1) is 11.8 Å². The normalized spacial score (nSPS) is 13.6. The fraction of sp³-hybridized carbons (Fsp3) is 0.632. The van der Waals surface area contributed by atoms with Crippen LogP contribution in [0.5, 0.6) is 5.75 Å². The number of aliphatic hydroxyl groups excluding tert-OH is 1. The first-order valence-corrected chi connectivity index (χ1v) is 10.2. The zero-order chi connectivity index (χ0) is 19.4. The largest absolute Gasteiger partial charge is 0.507 e. The molecule has 6 heteroatoms. The number of carbonyl (C=O) groups excluding carboxylic acids is 1. The third-order valence-electron chi connectivity index (χ3n) is 3.58. The minimum atomic E-state index is -0.584. The van der Waals surface area contributed by atoms with E-state index in [1.165, 1.54) is 6.92 Å². The number of hydrogen-bond acceptors (Lipinski definition) is 6. The van der Waals surface area contributed by atoms with Gasteiger partial charge in [-0.2, -0.15) is 0 Å². The van der Waals surface area contributed by atoms with Crippen molar-refractivity contribution in [2.45, 2.75) is 70.3 Å². The lowest BCUT2D eigenvalue weighted by molar-refractivity contribution is -0.130. The molecule has 0 radical (unpaired) electrons. The van der Waals surface area contributed by atoms with Gasteiger partial charge >= 0.3 is 5.97 Å². The molecular formula is C19H30O4S2. The highest BCUT2D eigenvalue weighted by Gasteiger charge is 2.26. The molecule has 0 aliphatic heterocycles. The molecule has 25 heavy (non-hydrogen) atoms. The Morgan fingerprint density at radius 1 is 1.08 bits per heavy atom. The highest BCUT2D eigenvalue weighted by atomic mass is 32.2. The van der Waals surface area contributed by atoms with Gasteiger partial charge < -0.3 is 14.4 Å². The van der Waals surface area contributed by atoms with Crippen LogP contribution in [0.2, 0.25) is 0 Å². The molecule has 1 aromatic carbocycles. The number of phenolic OH excluding ortho intramolecular Hbond substituents is 1. The van der Waals surface area contributed by atoms with Crippen LogP contribution in [0.3, 0.4) is 0 Å². The molecule has 0 saturated carbocycles. The standard InChI is InChI=1S/C19H30O4S2/c1-12(20)23-25-11-13(21)10-24-14-8-15(18(2,3)4)17(22)16(9-14)19(5,6)7/h8-9,13,21-22H,10-11H2,1-7H3.